The minimum Gasteiger partial charge on any atom is -0.497 e. The van der Waals surface area contributed by atoms with Crippen LogP contribution in [0.15, 0.2) is 48.8 Å². The number of H-pyrrole nitrogens is 1. The molecule has 0 radical (unpaired) electrons. The zero-order chi connectivity index (χ0) is 24.2. The molecule has 1 aliphatic carbocycles. The highest BCUT2D eigenvalue weighted by atomic mass is 16.5. The normalized spacial score (nSPS) is 18.8. The first-order valence-electron chi connectivity index (χ1n) is 12.0. The summed E-state index contributed by atoms with van der Waals surface area (Å²) in [5.41, 5.74) is 3.63. The Hall–Kier alpha value is -3.95. The van der Waals surface area contributed by atoms with Gasteiger partial charge in [-0.15, -0.1) is 5.10 Å². The number of carbonyl (C=O) groups is 1. The molecule has 0 amide bonds. The number of methoxy groups -OCH3 is 1. The molecule has 2 aromatic carbocycles. The van der Waals surface area contributed by atoms with E-state index in [1.165, 1.54) is 0 Å². The molecule has 0 bridgehead atoms. The van der Waals surface area contributed by atoms with Gasteiger partial charge in [-0.2, -0.15) is 0 Å². The van der Waals surface area contributed by atoms with Gasteiger partial charge in [-0.3, -0.25) is 4.79 Å². The van der Waals surface area contributed by atoms with Gasteiger partial charge in [0, 0.05) is 5.69 Å². The van der Waals surface area contributed by atoms with E-state index in [1.807, 2.05) is 54.1 Å². The van der Waals surface area contributed by atoms with Gasteiger partial charge < -0.3 is 19.8 Å². The third-order valence-electron chi connectivity index (χ3n) is 6.57. The first kappa shape index (κ1) is 22.8. The van der Waals surface area contributed by atoms with Crippen LogP contribution in [0, 0.1) is 5.92 Å². The molecule has 182 valence electrons. The minimum absolute atomic E-state index is 0.169. The number of nitrogens with one attached hydrogen (secondary N) is 2. The average Bonchev–Trinajstić information content (AvgIpc) is 3.57. The molecule has 3 atom stereocenters. The molecule has 35 heavy (non-hydrogen) atoms. The van der Waals surface area contributed by atoms with Crippen molar-refractivity contribution >= 4 is 22.7 Å². The third kappa shape index (κ3) is 4.68. The average molecular weight is 476 g/mol. The van der Waals surface area contributed by atoms with Crippen LogP contribution in [0.2, 0.25) is 0 Å². The van der Waals surface area contributed by atoms with Crippen LogP contribution in [0.5, 0.6) is 5.75 Å². The Bertz CT molecular complexity index is 1300. The van der Waals surface area contributed by atoms with E-state index in [2.05, 4.69) is 30.8 Å². The molecule has 0 spiro atoms. The highest BCUT2D eigenvalue weighted by molar-refractivity contribution is 5.79. The second-order valence-corrected chi connectivity index (χ2v) is 8.68. The second-order valence-electron chi connectivity index (χ2n) is 8.68. The molecule has 2 heterocycles. The second kappa shape index (κ2) is 10.1. The van der Waals surface area contributed by atoms with Crippen LogP contribution in [0.1, 0.15) is 56.1 Å². The summed E-state index contributed by atoms with van der Waals surface area (Å²) in [7, 11) is 1.64. The Balaban J connectivity index is 1.55. The summed E-state index contributed by atoms with van der Waals surface area (Å²) < 4.78 is 12.7. The topological polar surface area (TPSA) is 120 Å². The fraction of sp³-hybridized carbons (Fsp3) is 0.400. The van der Waals surface area contributed by atoms with Crippen LogP contribution in [0.3, 0.4) is 0 Å². The molecule has 5 rings (SSSR count). The lowest BCUT2D eigenvalue weighted by atomic mass is 9.84. The van der Waals surface area contributed by atoms with Gasteiger partial charge in [-0.05, 0) is 66.1 Å². The molecule has 1 aliphatic rings. The highest BCUT2D eigenvalue weighted by Crippen LogP contribution is 2.37. The lowest BCUT2D eigenvalue weighted by Gasteiger charge is -2.31. The third-order valence-corrected chi connectivity index (χ3v) is 6.57. The van der Waals surface area contributed by atoms with Crippen LogP contribution in [0.25, 0.3) is 11.0 Å². The van der Waals surface area contributed by atoms with E-state index in [0.717, 1.165) is 53.7 Å². The maximum Gasteiger partial charge on any atom is 0.311 e. The molecule has 2 N–H and O–H groups in total. The highest BCUT2D eigenvalue weighted by Gasteiger charge is 2.37. The number of imidazole rings is 1. The monoisotopic (exact) mass is 475 g/mol. The van der Waals surface area contributed by atoms with Gasteiger partial charge in [0.2, 0.25) is 0 Å². The summed E-state index contributed by atoms with van der Waals surface area (Å²) in [5.74, 6) is 0.899. The number of carbonyl (C=O) groups excluding carboxylic acids is 1. The standard InChI is InChI=1S/C25H29N7O3/c1-3-35-25(33)19-9-4-5-10-22(19)32-24(29-30-31-32)23(16-7-6-8-18(13-16)34-2)28-17-11-12-20-21(14-17)27-15-26-20/h6-8,11-15,19,22-23,28H,3-5,9-10H2,1-2H3,(H,26,27). The Labute approximate surface area is 203 Å². The van der Waals surface area contributed by atoms with Crippen molar-refractivity contribution in [2.45, 2.75) is 44.7 Å². The van der Waals surface area contributed by atoms with Crippen LogP contribution in [-0.4, -0.2) is 49.9 Å². The fourth-order valence-electron chi connectivity index (χ4n) is 4.87. The molecule has 10 nitrogen and oxygen atoms in total. The van der Waals surface area contributed by atoms with Gasteiger partial charge in [0.25, 0.3) is 0 Å². The molecule has 1 fully saturated rings. The Morgan fingerprint density at radius 3 is 2.97 bits per heavy atom. The number of anilines is 1. The van der Waals surface area contributed by atoms with E-state index >= 15 is 0 Å². The van der Waals surface area contributed by atoms with E-state index in [-0.39, 0.29) is 24.0 Å². The predicted octanol–water partition coefficient (Wildman–Crippen LogP) is 4.05. The van der Waals surface area contributed by atoms with Gasteiger partial charge in [-0.1, -0.05) is 25.0 Å². The molecule has 0 aliphatic heterocycles. The van der Waals surface area contributed by atoms with Crippen molar-refractivity contribution in [2.24, 2.45) is 5.92 Å². The zero-order valence-corrected chi connectivity index (χ0v) is 19.8. The van der Waals surface area contributed by atoms with Gasteiger partial charge in [0.05, 0.1) is 43.0 Å². The Morgan fingerprint density at radius 2 is 2.11 bits per heavy atom. The Kier molecular flexibility index (Phi) is 6.60. The summed E-state index contributed by atoms with van der Waals surface area (Å²) in [5, 5.41) is 16.4. The quantitative estimate of drug-likeness (QED) is 0.366. The van der Waals surface area contributed by atoms with Gasteiger partial charge in [0.15, 0.2) is 5.82 Å². The van der Waals surface area contributed by atoms with Crippen molar-refractivity contribution in [3.05, 3.63) is 60.2 Å². The lowest BCUT2D eigenvalue weighted by molar-refractivity contribution is -0.151. The summed E-state index contributed by atoms with van der Waals surface area (Å²) in [6.07, 6.45) is 5.24. The molecule has 3 unspecified atom stereocenters. The first-order valence-corrected chi connectivity index (χ1v) is 12.0. The number of aromatic nitrogens is 6. The first-order chi connectivity index (χ1) is 17.2. The largest absolute Gasteiger partial charge is 0.497 e. The molecule has 4 aromatic rings. The van der Waals surface area contributed by atoms with Crippen LogP contribution < -0.4 is 10.1 Å². The van der Waals surface area contributed by atoms with Gasteiger partial charge in [-0.25, -0.2) is 9.67 Å². The SMILES string of the molecule is CCOC(=O)C1CCCCC1n1nnnc1C(Nc1ccc2nc[nH]c2c1)c1cccc(OC)c1. The number of tetrazole rings is 1. The smallest absolute Gasteiger partial charge is 0.311 e. The van der Waals surface area contributed by atoms with Gasteiger partial charge in [0.1, 0.15) is 11.8 Å². The maximum atomic E-state index is 12.8. The summed E-state index contributed by atoms with van der Waals surface area (Å²) in [6.45, 7) is 2.19. The van der Waals surface area contributed by atoms with Crippen molar-refractivity contribution < 1.29 is 14.3 Å². The number of benzene rings is 2. The van der Waals surface area contributed by atoms with E-state index in [0.29, 0.717) is 12.4 Å². The van der Waals surface area contributed by atoms with E-state index < -0.39 is 0 Å². The number of hydrogen-bond donors (Lipinski definition) is 2. The number of aromatic amines is 1. The predicted molar refractivity (Wildman–Crippen MR) is 130 cm³/mol. The van der Waals surface area contributed by atoms with Crippen molar-refractivity contribution in [1.29, 1.82) is 0 Å². The summed E-state index contributed by atoms with van der Waals surface area (Å²) in [4.78, 5) is 20.2. The van der Waals surface area contributed by atoms with Crippen LogP contribution in [0.4, 0.5) is 5.69 Å². The van der Waals surface area contributed by atoms with Crippen LogP contribution >= 0.6 is 0 Å². The van der Waals surface area contributed by atoms with Crippen molar-refractivity contribution in [3.63, 3.8) is 0 Å². The fourth-order valence-corrected chi connectivity index (χ4v) is 4.87. The molecule has 0 saturated heterocycles. The maximum absolute atomic E-state index is 12.8. The number of ether oxygens (including phenoxy) is 2. The molecular formula is C25H29N7O3. The van der Waals surface area contributed by atoms with Crippen molar-refractivity contribution in [1.82, 2.24) is 30.2 Å². The lowest BCUT2D eigenvalue weighted by Crippen LogP contribution is -2.33. The molecular weight excluding hydrogens is 446 g/mol. The molecule has 2 aromatic heterocycles. The number of nitrogens with zero attached hydrogens (tertiary/aromatic N) is 5. The van der Waals surface area contributed by atoms with Crippen molar-refractivity contribution in [3.8, 4) is 5.75 Å². The summed E-state index contributed by atoms with van der Waals surface area (Å²) in [6, 6.07) is 13.2. The van der Waals surface area contributed by atoms with E-state index in [1.54, 1.807) is 13.4 Å². The molecule has 10 heteroatoms. The van der Waals surface area contributed by atoms with Crippen LogP contribution in [-0.2, 0) is 9.53 Å². The minimum atomic E-state index is -0.384. The van der Waals surface area contributed by atoms with Gasteiger partial charge >= 0.3 is 5.97 Å². The number of esters is 1. The number of rotatable bonds is 8. The number of fused-ring (bicyclic) bond motifs is 1. The van der Waals surface area contributed by atoms with E-state index in [9.17, 15) is 4.79 Å². The molecule has 1 saturated carbocycles. The summed E-state index contributed by atoms with van der Waals surface area (Å²) >= 11 is 0. The zero-order valence-electron chi connectivity index (χ0n) is 19.8. The van der Waals surface area contributed by atoms with E-state index in [4.69, 9.17) is 9.47 Å². The Morgan fingerprint density at radius 1 is 1.23 bits per heavy atom. The van der Waals surface area contributed by atoms with Crippen molar-refractivity contribution in [2.75, 3.05) is 19.0 Å². The number of hydrogen-bond acceptors (Lipinski definition) is 8.